The van der Waals surface area contributed by atoms with Crippen molar-refractivity contribution < 1.29 is 4.39 Å². The Morgan fingerprint density at radius 2 is 2.21 bits per heavy atom. The number of anilines is 1. The molecule has 19 heavy (non-hydrogen) atoms. The van der Waals surface area contributed by atoms with Gasteiger partial charge in [-0.25, -0.2) is 4.39 Å². The summed E-state index contributed by atoms with van der Waals surface area (Å²) in [5.74, 6) is -0.152. The second-order valence-electron chi connectivity index (χ2n) is 5.75. The van der Waals surface area contributed by atoms with Gasteiger partial charge in [0, 0.05) is 25.2 Å². The number of likely N-dealkylation sites (N-methyl/N-ethyl adjacent to an activating group) is 1. The Balaban J connectivity index is 2.21. The average molecular weight is 265 g/mol. The van der Waals surface area contributed by atoms with E-state index in [1.807, 2.05) is 19.1 Å². The Kier molecular flexibility index (Phi) is 4.42. The van der Waals surface area contributed by atoms with Crippen molar-refractivity contribution in [2.75, 3.05) is 32.1 Å². The van der Waals surface area contributed by atoms with E-state index in [0.29, 0.717) is 11.7 Å². The van der Waals surface area contributed by atoms with Crippen LogP contribution in [-0.2, 0) is 0 Å². The van der Waals surface area contributed by atoms with Crippen LogP contribution >= 0.6 is 0 Å². The van der Waals surface area contributed by atoms with Crippen LogP contribution in [0.2, 0.25) is 0 Å². The van der Waals surface area contributed by atoms with E-state index in [2.05, 4.69) is 23.9 Å². The molecule has 1 unspecified atom stereocenters. The second-order valence-corrected chi connectivity index (χ2v) is 5.75. The summed E-state index contributed by atoms with van der Waals surface area (Å²) in [6.45, 7) is 3.78. The Morgan fingerprint density at radius 1 is 1.47 bits per heavy atom. The van der Waals surface area contributed by atoms with Crippen molar-refractivity contribution in [1.82, 2.24) is 4.90 Å². The molecule has 1 aliphatic heterocycles. The summed E-state index contributed by atoms with van der Waals surface area (Å²) < 4.78 is 14.3. The van der Waals surface area contributed by atoms with E-state index in [9.17, 15) is 4.39 Å². The van der Waals surface area contributed by atoms with Gasteiger partial charge in [0.1, 0.15) is 5.82 Å². The van der Waals surface area contributed by atoms with E-state index in [1.54, 1.807) is 6.07 Å². The number of hydrogen-bond acceptors (Lipinski definition) is 3. The molecule has 2 rings (SSSR count). The van der Waals surface area contributed by atoms with Crippen LogP contribution in [-0.4, -0.2) is 38.1 Å². The third-order valence-electron chi connectivity index (χ3n) is 3.76. The molecule has 1 aliphatic rings. The number of nitrogens with zero attached hydrogens (tertiary/aromatic N) is 2. The van der Waals surface area contributed by atoms with Gasteiger partial charge in [-0.1, -0.05) is 6.07 Å². The van der Waals surface area contributed by atoms with Crippen molar-refractivity contribution in [3.63, 3.8) is 0 Å². The molecule has 4 heteroatoms. The molecule has 106 valence electrons. The zero-order valence-electron chi connectivity index (χ0n) is 12.1. The zero-order valence-corrected chi connectivity index (χ0v) is 12.1. The SMILES string of the molecule is C[C@@H](N)c1ccc(N2CCCC2CN(C)C)c(F)c1. The molecule has 0 saturated carbocycles. The van der Waals surface area contributed by atoms with E-state index >= 15 is 0 Å². The van der Waals surface area contributed by atoms with Crippen LogP contribution in [0.3, 0.4) is 0 Å². The molecule has 2 atom stereocenters. The molecule has 1 aromatic rings. The molecule has 0 aromatic heterocycles. The van der Waals surface area contributed by atoms with Crippen LogP contribution in [0.5, 0.6) is 0 Å². The lowest BCUT2D eigenvalue weighted by molar-refractivity contribution is 0.371. The maximum atomic E-state index is 14.3. The first-order valence-corrected chi connectivity index (χ1v) is 6.95. The van der Waals surface area contributed by atoms with E-state index in [0.717, 1.165) is 31.5 Å². The lowest BCUT2D eigenvalue weighted by atomic mass is 10.1. The minimum Gasteiger partial charge on any atom is -0.365 e. The lowest BCUT2D eigenvalue weighted by Gasteiger charge is -2.29. The van der Waals surface area contributed by atoms with Gasteiger partial charge in [0.05, 0.1) is 5.69 Å². The van der Waals surface area contributed by atoms with Crippen molar-refractivity contribution in [1.29, 1.82) is 0 Å². The fourth-order valence-corrected chi connectivity index (χ4v) is 2.80. The molecule has 1 heterocycles. The maximum Gasteiger partial charge on any atom is 0.146 e. The monoisotopic (exact) mass is 265 g/mol. The summed E-state index contributed by atoms with van der Waals surface area (Å²) in [5, 5.41) is 0. The molecule has 3 nitrogen and oxygen atoms in total. The van der Waals surface area contributed by atoms with Crippen molar-refractivity contribution in [2.45, 2.75) is 31.8 Å². The first-order chi connectivity index (χ1) is 8.99. The summed E-state index contributed by atoms with van der Waals surface area (Å²) in [6.07, 6.45) is 2.26. The molecule has 0 spiro atoms. The number of nitrogens with two attached hydrogens (primary N) is 1. The highest BCUT2D eigenvalue weighted by Gasteiger charge is 2.27. The van der Waals surface area contributed by atoms with Gasteiger partial charge in [0.15, 0.2) is 0 Å². The Morgan fingerprint density at radius 3 is 2.79 bits per heavy atom. The van der Waals surface area contributed by atoms with Crippen LogP contribution in [0.15, 0.2) is 18.2 Å². The topological polar surface area (TPSA) is 32.5 Å². The quantitative estimate of drug-likeness (QED) is 0.907. The van der Waals surface area contributed by atoms with Crippen LogP contribution < -0.4 is 10.6 Å². The fraction of sp³-hybridized carbons (Fsp3) is 0.600. The normalized spacial score (nSPS) is 21.2. The highest BCUT2D eigenvalue weighted by atomic mass is 19.1. The Labute approximate surface area is 115 Å². The van der Waals surface area contributed by atoms with Gasteiger partial charge in [-0.2, -0.15) is 0 Å². The Bertz CT molecular complexity index is 431. The van der Waals surface area contributed by atoms with E-state index in [4.69, 9.17) is 5.73 Å². The first-order valence-electron chi connectivity index (χ1n) is 6.95. The van der Waals surface area contributed by atoms with Gasteiger partial charge in [0.25, 0.3) is 0 Å². The highest BCUT2D eigenvalue weighted by molar-refractivity contribution is 5.51. The van der Waals surface area contributed by atoms with Crippen molar-refractivity contribution in [3.8, 4) is 0 Å². The summed E-state index contributed by atoms with van der Waals surface area (Å²) in [4.78, 5) is 4.36. The number of rotatable bonds is 4. The van der Waals surface area contributed by atoms with Crippen LogP contribution in [0.25, 0.3) is 0 Å². The molecule has 0 radical (unpaired) electrons. The van der Waals surface area contributed by atoms with Gasteiger partial charge < -0.3 is 15.5 Å². The van der Waals surface area contributed by atoms with Crippen molar-refractivity contribution in [3.05, 3.63) is 29.6 Å². The third kappa shape index (κ3) is 3.25. The summed E-state index contributed by atoms with van der Waals surface area (Å²) in [7, 11) is 4.12. The summed E-state index contributed by atoms with van der Waals surface area (Å²) in [6, 6.07) is 5.67. The smallest absolute Gasteiger partial charge is 0.146 e. The predicted molar refractivity (Wildman–Crippen MR) is 77.9 cm³/mol. The van der Waals surface area contributed by atoms with Crippen molar-refractivity contribution in [2.24, 2.45) is 5.73 Å². The molecule has 1 aromatic carbocycles. The molecule has 2 N–H and O–H groups in total. The van der Waals surface area contributed by atoms with Gasteiger partial charge in [-0.3, -0.25) is 0 Å². The number of benzene rings is 1. The van der Waals surface area contributed by atoms with Gasteiger partial charge in [-0.05, 0) is 51.6 Å². The summed E-state index contributed by atoms with van der Waals surface area (Å²) in [5.41, 5.74) is 7.36. The van der Waals surface area contributed by atoms with Gasteiger partial charge in [-0.15, -0.1) is 0 Å². The van der Waals surface area contributed by atoms with Crippen LogP contribution in [0.4, 0.5) is 10.1 Å². The zero-order chi connectivity index (χ0) is 14.0. The second kappa shape index (κ2) is 5.88. The fourth-order valence-electron chi connectivity index (χ4n) is 2.80. The van der Waals surface area contributed by atoms with E-state index in [-0.39, 0.29) is 11.9 Å². The molecule has 0 amide bonds. The molecule has 0 bridgehead atoms. The van der Waals surface area contributed by atoms with Crippen LogP contribution in [0, 0.1) is 5.82 Å². The first kappa shape index (κ1) is 14.3. The van der Waals surface area contributed by atoms with Gasteiger partial charge in [0.2, 0.25) is 0 Å². The largest absolute Gasteiger partial charge is 0.365 e. The Hall–Kier alpha value is -1.13. The molecule has 0 aliphatic carbocycles. The molecular weight excluding hydrogens is 241 g/mol. The lowest BCUT2D eigenvalue weighted by Crippen LogP contribution is -2.38. The predicted octanol–water partition coefficient (Wildman–Crippen LogP) is 2.38. The minimum atomic E-state index is -0.152. The third-order valence-corrected chi connectivity index (χ3v) is 3.76. The van der Waals surface area contributed by atoms with Gasteiger partial charge >= 0.3 is 0 Å². The van der Waals surface area contributed by atoms with Crippen LogP contribution in [0.1, 0.15) is 31.4 Å². The van der Waals surface area contributed by atoms with Crippen molar-refractivity contribution >= 4 is 5.69 Å². The standard InChI is InChI=1S/C15H24FN3/c1-11(17)12-6-7-15(14(16)9-12)19-8-4-5-13(19)10-18(2)3/h6-7,9,11,13H,4-5,8,10,17H2,1-3H3/t11-,13?/m1/s1. The summed E-state index contributed by atoms with van der Waals surface area (Å²) >= 11 is 0. The number of hydrogen-bond donors (Lipinski definition) is 1. The maximum absolute atomic E-state index is 14.3. The molecule has 1 saturated heterocycles. The molecule has 1 fully saturated rings. The minimum absolute atomic E-state index is 0.125. The van der Waals surface area contributed by atoms with E-state index < -0.39 is 0 Å². The number of halogens is 1. The highest BCUT2D eigenvalue weighted by Crippen LogP contribution is 2.29. The van der Waals surface area contributed by atoms with E-state index in [1.165, 1.54) is 0 Å². The molecular formula is C15H24FN3. The average Bonchev–Trinajstić information content (AvgIpc) is 2.75.